The van der Waals surface area contributed by atoms with Crippen LogP contribution in [0.25, 0.3) is 0 Å². The van der Waals surface area contributed by atoms with E-state index in [1.54, 1.807) is 6.07 Å². The number of rotatable bonds is 3. The number of phenols is 1. The Bertz CT molecular complexity index is 318. The third-order valence-corrected chi connectivity index (χ3v) is 3.29. The van der Waals surface area contributed by atoms with Crippen LogP contribution in [-0.2, 0) is 0 Å². The third-order valence-electron chi connectivity index (χ3n) is 3.29. The molecule has 2 N–H and O–H groups in total. The standard InChI is InChI=1S/C13H19NO/c1-10(7-11-5-6-14-9-11)12-3-2-4-13(15)8-12/h2-4,8,10-11,14-15H,5-7,9H2,1H3. The summed E-state index contributed by atoms with van der Waals surface area (Å²) in [6.45, 7) is 4.56. The Labute approximate surface area is 91.3 Å². The molecule has 1 fully saturated rings. The molecular weight excluding hydrogens is 186 g/mol. The summed E-state index contributed by atoms with van der Waals surface area (Å²) in [4.78, 5) is 0. The van der Waals surface area contributed by atoms with Crippen molar-refractivity contribution >= 4 is 0 Å². The first-order valence-corrected chi connectivity index (χ1v) is 5.75. The van der Waals surface area contributed by atoms with Gasteiger partial charge in [-0.3, -0.25) is 0 Å². The Morgan fingerprint density at radius 1 is 1.53 bits per heavy atom. The van der Waals surface area contributed by atoms with E-state index in [1.807, 2.05) is 12.1 Å². The van der Waals surface area contributed by atoms with E-state index in [0.29, 0.717) is 11.7 Å². The van der Waals surface area contributed by atoms with Gasteiger partial charge in [0.2, 0.25) is 0 Å². The number of nitrogens with one attached hydrogen (secondary N) is 1. The fourth-order valence-electron chi connectivity index (χ4n) is 2.38. The lowest BCUT2D eigenvalue weighted by Gasteiger charge is -2.16. The van der Waals surface area contributed by atoms with Crippen molar-refractivity contribution in [3.63, 3.8) is 0 Å². The molecule has 2 atom stereocenters. The summed E-state index contributed by atoms with van der Waals surface area (Å²) in [6.07, 6.45) is 2.51. The Hall–Kier alpha value is -1.02. The molecule has 82 valence electrons. The van der Waals surface area contributed by atoms with E-state index in [-0.39, 0.29) is 0 Å². The average molecular weight is 205 g/mol. The largest absolute Gasteiger partial charge is 0.508 e. The summed E-state index contributed by atoms with van der Waals surface area (Å²) >= 11 is 0. The molecule has 2 rings (SSSR count). The number of hydrogen-bond acceptors (Lipinski definition) is 2. The average Bonchev–Trinajstić information content (AvgIpc) is 2.70. The molecule has 1 heterocycles. The van der Waals surface area contributed by atoms with Gasteiger partial charge in [-0.2, -0.15) is 0 Å². The Kier molecular flexibility index (Phi) is 3.27. The van der Waals surface area contributed by atoms with Crippen LogP contribution in [0.15, 0.2) is 24.3 Å². The number of phenolic OH excluding ortho intramolecular Hbond substituents is 1. The van der Waals surface area contributed by atoms with Crippen molar-refractivity contribution in [2.45, 2.75) is 25.7 Å². The van der Waals surface area contributed by atoms with E-state index in [4.69, 9.17) is 0 Å². The quantitative estimate of drug-likeness (QED) is 0.794. The summed E-state index contributed by atoms with van der Waals surface area (Å²) in [5, 5.41) is 12.8. The number of aromatic hydroxyl groups is 1. The van der Waals surface area contributed by atoms with Gasteiger partial charge in [0.1, 0.15) is 5.75 Å². The van der Waals surface area contributed by atoms with Gasteiger partial charge in [0.25, 0.3) is 0 Å². The molecule has 0 bridgehead atoms. The van der Waals surface area contributed by atoms with Crippen molar-refractivity contribution in [1.82, 2.24) is 5.32 Å². The van der Waals surface area contributed by atoms with Crippen molar-refractivity contribution in [3.8, 4) is 5.75 Å². The second-order valence-electron chi connectivity index (χ2n) is 4.59. The zero-order chi connectivity index (χ0) is 10.7. The molecule has 2 heteroatoms. The van der Waals surface area contributed by atoms with Gasteiger partial charge in [-0.1, -0.05) is 19.1 Å². The molecule has 1 saturated heterocycles. The van der Waals surface area contributed by atoms with Gasteiger partial charge in [0, 0.05) is 0 Å². The first-order valence-electron chi connectivity index (χ1n) is 5.75. The van der Waals surface area contributed by atoms with Crippen LogP contribution in [0.2, 0.25) is 0 Å². The topological polar surface area (TPSA) is 32.3 Å². The van der Waals surface area contributed by atoms with E-state index in [0.717, 1.165) is 19.0 Å². The van der Waals surface area contributed by atoms with Crippen LogP contribution in [0.3, 0.4) is 0 Å². The molecule has 1 aliphatic rings. The molecule has 0 saturated carbocycles. The highest BCUT2D eigenvalue weighted by atomic mass is 16.3. The summed E-state index contributed by atoms with van der Waals surface area (Å²) < 4.78 is 0. The van der Waals surface area contributed by atoms with Crippen LogP contribution in [-0.4, -0.2) is 18.2 Å². The number of hydrogen-bond donors (Lipinski definition) is 2. The maximum absolute atomic E-state index is 9.41. The van der Waals surface area contributed by atoms with Crippen molar-refractivity contribution < 1.29 is 5.11 Å². The van der Waals surface area contributed by atoms with Crippen molar-refractivity contribution in [2.24, 2.45) is 5.92 Å². The van der Waals surface area contributed by atoms with Crippen LogP contribution < -0.4 is 5.32 Å². The number of benzene rings is 1. The predicted molar refractivity (Wildman–Crippen MR) is 62.1 cm³/mol. The normalized spacial score (nSPS) is 22.9. The van der Waals surface area contributed by atoms with Crippen molar-refractivity contribution in [2.75, 3.05) is 13.1 Å². The highest BCUT2D eigenvalue weighted by Crippen LogP contribution is 2.27. The highest BCUT2D eigenvalue weighted by Gasteiger charge is 2.18. The summed E-state index contributed by atoms with van der Waals surface area (Å²) in [5.74, 6) is 1.73. The van der Waals surface area contributed by atoms with Gasteiger partial charge in [-0.15, -0.1) is 0 Å². The second-order valence-corrected chi connectivity index (χ2v) is 4.59. The van der Waals surface area contributed by atoms with E-state index in [2.05, 4.69) is 18.3 Å². The van der Waals surface area contributed by atoms with Crippen LogP contribution in [0.4, 0.5) is 0 Å². The van der Waals surface area contributed by atoms with E-state index in [9.17, 15) is 5.11 Å². The second kappa shape index (κ2) is 4.67. The molecule has 15 heavy (non-hydrogen) atoms. The zero-order valence-corrected chi connectivity index (χ0v) is 9.24. The van der Waals surface area contributed by atoms with Crippen LogP contribution in [0.1, 0.15) is 31.2 Å². The SMILES string of the molecule is CC(CC1CCNC1)c1cccc(O)c1. The first-order chi connectivity index (χ1) is 7.25. The third kappa shape index (κ3) is 2.72. The molecule has 0 spiro atoms. The van der Waals surface area contributed by atoms with Gasteiger partial charge in [0.15, 0.2) is 0 Å². The summed E-state index contributed by atoms with van der Waals surface area (Å²) in [5.41, 5.74) is 1.25. The van der Waals surface area contributed by atoms with Gasteiger partial charge < -0.3 is 10.4 Å². The Balaban J connectivity index is 1.97. The molecule has 2 nitrogen and oxygen atoms in total. The Morgan fingerprint density at radius 2 is 2.40 bits per heavy atom. The smallest absolute Gasteiger partial charge is 0.115 e. The minimum Gasteiger partial charge on any atom is -0.508 e. The van der Waals surface area contributed by atoms with E-state index >= 15 is 0 Å². The molecule has 1 aromatic carbocycles. The minimum atomic E-state index is 0.379. The maximum atomic E-state index is 9.41. The lowest BCUT2D eigenvalue weighted by atomic mass is 9.90. The molecule has 0 amide bonds. The molecule has 0 radical (unpaired) electrons. The molecule has 0 aromatic heterocycles. The lowest BCUT2D eigenvalue weighted by molar-refractivity contribution is 0.466. The molecular formula is C13H19NO. The molecule has 1 aromatic rings. The summed E-state index contributed by atoms with van der Waals surface area (Å²) in [6, 6.07) is 7.64. The first kappa shape index (κ1) is 10.5. The fourth-order valence-corrected chi connectivity index (χ4v) is 2.38. The van der Waals surface area contributed by atoms with Gasteiger partial charge >= 0.3 is 0 Å². The molecule has 1 aliphatic heterocycles. The van der Waals surface area contributed by atoms with Gasteiger partial charge in [0.05, 0.1) is 0 Å². The minimum absolute atomic E-state index is 0.379. The van der Waals surface area contributed by atoms with E-state index < -0.39 is 0 Å². The van der Waals surface area contributed by atoms with E-state index in [1.165, 1.54) is 18.4 Å². The van der Waals surface area contributed by atoms with Gasteiger partial charge in [-0.25, -0.2) is 0 Å². The van der Waals surface area contributed by atoms with Crippen LogP contribution in [0.5, 0.6) is 5.75 Å². The predicted octanol–water partition coefficient (Wildman–Crippen LogP) is 2.50. The molecule has 0 aliphatic carbocycles. The van der Waals surface area contributed by atoms with Crippen LogP contribution >= 0.6 is 0 Å². The lowest BCUT2D eigenvalue weighted by Crippen LogP contribution is -2.10. The molecule has 2 unspecified atom stereocenters. The highest BCUT2D eigenvalue weighted by molar-refractivity contribution is 5.29. The fraction of sp³-hybridized carbons (Fsp3) is 0.538. The zero-order valence-electron chi connectivity index (χ0n) is 9.24. The van der Waals surface area contributed by atoms with Gasteiger partial charge in [-0.05, 0) is 55.5 Å². The van der Waals surface area contributed by atoms with Crippen molar-refractivity contribution in [3.05, 3.63) is 29.8 Å². The maximum Gasteiger partial charge on any atom is 0.115 e. The van der Waals surface area contributed by atoms with Crippen LogP contribution in [0, 0.1) is 5.92 Å². The van der Waals surface area contributed by atoms with Crippen molar-refractivity contribution in [1.29, 1.82) is 0 Å². The Morgan fingerprint density at radius 3 is 3.07 bits per heavy atom. The monoisotopic (exact) mass is 205 g/mol. The summed E-state index contributed by atoms with van der Waals surface area (Å²) in [7, 11) is 0.